The summed E-state index contributed by atoms with van der Waals surface area (Å²) in [6.45, 7) is 6.89. The van der Waals surface area contributed by atoms with Crippen molar-refractivity contribution in [2.45, 2.75) is 33.6 Å². The lowest BCUT2D eigenvalue weighted by molar-refractivity contribution is 0.342. The molecule has 0 aliphatic heterocycles. The first-order valence-electron chi connectivity index (χ1n) is 4.11. The van der Waals surface area contributed by atoms with Crippen LogP contribution in [0.1, 0.15) is 33.6 Å². The Labute approximate surface area is 87.4 Å². The number of alkyl halides is 2. The first kappa shape index (κ1) is 12.0. The highest BCUT2D eigenvalue weighted by Gasteiger charge is 2.13. The molecule has 0 radical (unpaired) electrons. The summed E-state index contributed by atoms with van der Waals surface area (Å²) in [5.41, 5.74) is 0.489. The van der Waals surface area contributed by atoms with E-state index in [2.05, 4.69) is 52.6 Å². The third-order valence-corrected chi connectivity index (χ3v) is 3.57. The van der Waals surface area contributed by atoms with Crippen molar-refractivity contribution < 1.29 is 0 Å². The molecule has 0 fully saturated rings. The van der Waals surface area contributed by atoms with Crippen LogP contribution in [0, 0.1) is 11.3 Å². The van der Waals surface area contributed by atoms with Crippen LogP contribution < -0.4 is 0 Å². The van der Waals surface area contributed by atoms with Crippen molar-refractivity contribution in [1.29, 1.82) is 0 Å². The molecule has 0 saturated heterocycles. The maximum atomic E-state index is 3.51. The van der Waals surface area contributed by atoms with Gasteiger partial charge in [0.05, 0.1) is 0 Å². The summed E-state index contributed by atoms with van der Waals surface area (Å²) in [6, 6.07) is 0. The van der Waals surface area contributed by atoms with Crippen LogP contribution in [-0.4, -0.2) is 10.7 Å². The van der Waals surface area contributed by atoms with Gasteiger partial charge in [0.15, 0.2) is 0 Å². The molecule has 0 aromatic carbocycles. The van der Waals surface area contributed by atoms with Gasteiger partial charge in [0.25, 0.3) is 0 Å². The molecule has 2 heteroatoms. The Morgan fingerprint density at radius 3 is 1.82 bits per heavy atom. The van der Waals surface area contributed by atoms with E-state index < -0.39 is 0 Å². The molecule has 0 spiro atoms. The Morgan fingerprint density at radius 2 is 1.55 bits per heavy atom. The largest absolute Gasteiger partial charge is 0.0925 e. The average Bonchev–Trinajstić information content (AvgIpc) is 1.88. The minimum absolute atomic E-state index is 0.489. The number of hydrogen-bond donors (Lipinski definition) is 0. The Balaban J connectivity index is 3.51. The zero-order valence-electron chi connectivity index (χ0n) is 7.66. The molecular formula is C9H18Br2. The summed E-state index contributed by atoms with van der Waals surface area (Å²) in [6.07, 6.45) is 2.63. The fourth-order valence-corrected chi connectivity index (χ4v) is 2.55. The van der Waals surface area contributed by atoms with Crippen LogP contribution in [0.3, 0.4) is 0 Å². The number of rotatable bonds is 4. The van der Waals surface area contributed by atoms with Gasteiger partial charge in [-0.2, -0.15) is 0 Å². The minimum atomic E-state index is 0.489. The Hall–Kier alpha value is 0.960. The van der Waals surface area contributed by atoms with Crippen LogP contribution in [0.25, 0.3) is 0 Å². The van der Waals surface area contributed by atoms with E-state index in [0.717, 1.165) is 16.6 Å². The molecule has 0 bridgehead atoms. The van der Waals surface area contributed by atoms with Gasteiger partial charge < -0.3 is 0 Å². The van der Waals surface area contributed by atoms with E-state index in [-0.39, 0.29) is 0 Å². The van der Waals surface area contributed by atoms with E-state index in [1.54, 1.807) is 0 Å². The molecule has 0 heterocycles. The van der Waals surface area contributed by atoms with Crippen LogP contribution in [0.4, 0.5) is 0 Å². The summed E-state index contributed by atoms with van der Waals surface area (Å²) in [4.78, 5) is 0. The number of halogens is 2. The summed E-state index contributed by atoms with van der Waals surface area (Å²) >= 11 is 7.03. The van der Waals surface area contributed by atoms with E-state index in [1.165, 1.54) is 12.8 Å². The van der Waals surface area contributed by atoms with E-state index in [4.69, 9.17) is 0 Å². The van der Waals surface area contributed by atoms with E-state index in [0.29, 0.717) is 5.41 Å². The zero-order chi connectivity index (χ0) is 8.91. The van der Waals surface area contributed by atoms with Crippen LogP contribution in [0.15, 0.2) is 0 Å². The van der Waals surface area contributed by atoms with Crippen LogP contribution >= 0.6 is 31.9 Å². The van der Waals surface area contributed by atoms with Crippen LogP contribution in [0.2, 0.25) is 0 Å². The highest BCUT2D eigenvalue weighted by atomic mass is 79.9. The van der Waals surface area contributed by atoms with Crippen molar-refractivity contribution >= 4 is 31.9 Å². The molecule has 0 unspecified atom stereocenters. The second kappa shape index (κ2) is 5.58. The van der Waals surface area contributed by atoms with Gasteiger partial charge in [0.2, 0.25) is 0 Å². The second-order valence-corrected chi connectivity index (χ2v) is 5.57. The summed E-state index contributed by atoms with van der Waals surface area (Å²) in [5, 5.41) is 2.24. The van der Waals surface area contributed by atoms with Gasteiger partial charge in [0, 0.05) is 10.7 Å². The highest BCUT2D eigenvalue weighted by Crippen LogP contribution is 2.25. The Kier molecular flexibility index (Phi) is 6.07. The lowest BCUT2D eigenvalue weighted by Crippen LogP contribution is -2.11. The fraction of sp³-hybridized carbons (Fsp3) is 1.00. The molecule has 0 nitrogen and oxygen atoms in total. The number of hydrogen-bond acceptors (Lipinski definition) is 0. The lowest BCUT2D eigenvalue weighted by Gasteiger charge is -2.20. The highest BCUT2D eigenvalue weighted by molar-refractivity contribution is 9.09. The molecule has 0 N–H and O–H groups in total. The monoisotopic (exact) mass is 284 g/mol. The van der Waals surface area contributed by atoms with Gasteiger partial charge in [-0.15, -0.1) is 0 Å². The molecule has 0 aliphatic carbocycles. The van der Waals surface area contributed by atoms with Gasteiger partial charge in [-0.3, -0.25) is 0 Å². The first-order chi connectivity index (χ1) is 4.99. The summed E-state index contributed by atoms with van der Waals surface area (Å²) < 4.78 is 0. The Bertz CT molecular complexity index is 90.2. The van der Waals surface area contributed by atoms with E-state index >= 15 is 0 Å². The molecule has 0 aliphatic rings. The third kappa shape index (κ3) is 7.32. The first-order valence-corrected chi connectivity index (χ1v) is 6.36. The predicted molar refractivity (Wildman–Crippen MR) is 59.8 cm³/mol. The van der Waals surface area contributed by atoms with Crippen molar-refractivity contribution in [2.24, 2.45) is 11.3 Å². The predicted octanol–water partition coefficient (Wildman–Crippen LogP) is 4.22. The fourth-order valence-electron chi connectivity index (χ4n) is 0.833. The Morgan fingerprint density at radius 1 is 1.09 bits per heavy atom. The van der Waals surface area contributed by atoms with E-state index in [1.807, 2.05) is 0 Å². The van der Waals surface area contributed by atoms with Gasteiger partial charge in [-0.1, -0.05) is 52.6 Å². The minimum Gasteiger partial charge on any atom is -0.0925 e. The normalized spacial score (nSPS) is 12.5. The van der Waals surface area contributed by atoms with Gasteiger partial charge >= 0.3 is 0 Å². The van der Waals surface area contributed by atoms with Gasteiger partial charge in [-0.25, -0.2) is 0 Å². The summed E-state index contributed by atoms with van der Waals surface area (Å²) in [5.74, 6) is 0.800. The smallest absolute Gasteiger partial charge is 0.00676 e. The van der Waals surface area contributed by atoms with E-state index in [9.17, 15) is 0 Å². The van der Waals surface area contributed by atoms with Crippen molar-refractivity contribution in [2.75, 3.05) is 10.7 Å². The van der Waals surface area contributed by atoms with Crippen molar-refractivity contribution in [3.05, 3.63) is 0 Å². The SMILES string of the molecule is CC(C)(C)CCC(CBr)CBr. The molecule has 68 valence electrons. The van der Waals surface area contributed by atoms with Crippen LogP contribution in [0.5, 0.6) is 0 Å². The van der Waals surface area contributed by atoms with Crippen LogP contribution in [-0.2, 0) is 0 Å². The molecule has 0 atom stereocenters. The molecule has 0 saturated carbocycles. The molecule has 0 rings (SSSR count). The lowest BCUT2D eigenvalue weighted by atomic mass is 9.88. The maximum absolute atomic E-state index is 3.51. The van der Waals surface area contributed by atoms with Crippen molar-refractivity contribution in [1.82, 2.24) is 0 Å². The molecular weight excluding hydrogens is 268 g/mol. The second-order valence-electron chi connectivity index (χ2n) is 4.27. The summed E-state index contributed by atoms with van der Waals surface area (Å²) in [7, 11) is 0. The topological polar surface area (TPSA) is 0 Å². The molecule has 11 heavy (non-hydrogen) atoms. The van der Waals surface area contributed by atoms with Crippen molar-refractivity contribution in [3.63, 3.8) is 0 Å². The third-order valence-electron chi connectivity index (χ3n) is 1.74. The molecule has 0 aromatic rings. The standard InChI is InChI=1S/C9H18Br2/c1-9(2,3)5-4-8(6-10)7-11/h8H,4-7H2,1-3H3. The molecule has 0 amide bonds. The van der Waals surface area contributed by atoms with Gasteiger partial charge in [-0.05, 0) is 24.2 Å². The zero-order valence-corrected chi connectivity index (χ0v) is 10.8. The molecule has 0 aromatic heterocycles. The quantitative estimate of drug-likeness (QED) is 0.679. The maximum Gasteiger partial charge on any atom is 0.00676 e. The van der Waals surface area contributed by atoms with Gasteiger partial charge in [0.1, 0.15) is 0 Å². The average molecular weight is 286 g/mol. The van der Waals surface area contributed by atoms with Crippen molar-refractivity contribution in [3.8, 4) is 0 Å².